The number of ether oxygens (including phenoxy) is 2. The SMILES string of the molecule is CCCCCCCCCCCCOC(=O)/C=C/C(=O)OCCCCCCCC. The number of carbonyl (C=O) groups is 2. The van der Waals surface area contributed by atoms with Crippen molar-refractivity contribution in [2.24, 2.45) is 0 Å². The lowest BCUT2D eigenvalue weighted by atomic mass is 10.1. The maximum absolute atomic E-state index is 11.6. The maximum Gasteiger partial charge on any atom is 0.331 e. The van der Waals surface area contributed by atoms with Crippen LogP contribution in [0.3, 0.4) is 0 Å². The molecular weight excluding hydrogens is 352 g/mol. The third-order valence-corrected chi connectivity index (χ3v) is 4.84. The van der Waals surface area contributed by atoms with E-state index in [2.05, 4.69) is 13.8 Å². The Morgan fingerprint density at radius 2 is 0.786 bits per heavy atom. The highest BCUT2D eigenvalue weighted by molar-refractivity contribution is 5.91. The molecule has 4 nitrogen and oxygen atoms in total. The highest BCUT2D eigenvalue weighted by atomic mass is 16.5. The first kappa shape index (κ1) is 26.7. The van der Waals surface area contributed by atoms with E-state index >= 15 is 0 Å². The average Bonchev–Trinajstić information content (AvgIpc) is 2.69. The minimum atomic E-state index is -0.468. The number of hydrogen-bond donors (Lipinski definition) is 0. The summed E-state index contributed by atoms with van der Waals surface area (Å²) < 4.78 is 10.2. The van der Waals surface area contributed by atoms with Gasteiger partial charge in [0.1, 0.15) is 0 Å². The highest BCUT2D eigenvalue weighted by Crippen LogP contribution is 2.10. The van der Waals surface area contributed by atoms with Gasteiger partial charge in [0.05, 0.1) is 13.2 Å². The largest absolute Gasteiger partial charge is 0.463 e. The monoisotopic (exact) mass is 396 g/mol. The Morgan fingerprint density at radius 3 is 1.11 bits per heavy atom. The van der Waals surface area contributed by atoms with E-state index in [0.29, 0.717) is 13.2 Å². The van der Waals surface area contributed by atoms with E-state index in [-0.39, 0.29) is 0 Å². The van der Waals surface area contributed by atoms with Crippen LogP contribution in [0.5, 0.6) is 0 Å². The van der Waals surface area contributed by atoms with Crippen molar-refractivity contribution in [2.75, 3.05) is 13.2 Å². The first-order chi connectivity index (χ1) is 13.7. The van der Waals surface area contributed by atoms with Crippen LogP contribution in [-0.4, -0.2) is 25.2 Å². The summed E-state index contributed by atoms with van der Waals surface area (Å²) in [5, 5.41) is 0. The molecule has 0 N–H and O–H groups in total. The first-order valence-corrected chi connectivity index (χ1v) is 11.7. The van der Waals surface area contributed by atoms with Crippen molar-refractivity contribution in [3.63, 3.8) is 0 Å². The molecule has 0 heterocycles. The first-order valence-electron chi connectivity index (χ1n) is 11.7. The molecule has 0 spiro atoms. The Hall–Kier alpha value is -1.32. The topological polar surface area (TPSA) is 52.6 Å². The quantitative estimate of drug-likeness (QED) is 0.127. The molecule has 0 aromatic carbocycles. The molecule has 0 aliphatic heterocycles. The number of esters is 2. The van der Waals surface area contributed by atoms with Crippen molar-refractivity contribution < 1.29 is 19.1 Å². The molecule has 0 aliphatic carbocycles. The Labute approximate surface area is 173 Å². The molecule has 0 bridgehead atoms. The maximum atomic E-state index is 11.6. The van der Waals surface area contributed by atoms with Gasteiger partial charge in [0.2, 0.25) is 0 Å². The predicted molar refractivity (Wildman–Crippen MR) is 116 cm³/mol. The van der Waals surface area contributed by atoms with Crippen LogP contribution in [0.4, 0.5) is 0 Å². The van der Waals surface area contributed by atoms with Crippen LogP contribution in [0, 0.1) is 0 Å². The summed E-state index contributed by atoms with van der Waals surface area (Å²) >= 11 is 0. The minimum absolute atomic E-state index is 0.420. The highest BCUT2D eigenvalue weighted by Gasteiger charge is 2.01. The third-order valence-electron chi connectivity index (χ3n) is 4.84. The molecule has 0 atom stereocenters. The smallest absolute Gasteiger partial charge is 0.331 e. The van der Waals surface area contributed by atoms with Crippen LogP contribution in [0.2, 0.25) is 0 Å². The summed E-state index contributed by atoms with van der Waals surface area (Å²) in [6.45, 7) is 5.28. The van der Waals surface area contributed by atoms with E-state index in [1.54, 1.807) is 0 Å². The zero-order valence-corrected chi connectivity index (χ0v) is 18.5. The minimum Gasteiger partial charge on any atom is -0.463 e. The van der Waals surface area contributed by atoms with E-state index in [9.17, 15) is 9.59 Å². The molecule has 0 aromatic heterocycles. The third kappa shape index (κ3) is 21.0. The van der Waals surface area contributed by atoms with E-state index < -0.39 is 11.9 Å². The van der Waals surface area contributed by atoms with E-state index in [0.717, 1.165) is 31.8 Å². The molecule has 0 unspecified atom stereocenters. The van der Waals surface area contributed by atoms with Crippen LogP contribution in [0.25, 0.3) is 0 Å². The Bertz CT molecular complexity index is 390. The molecule has 28 heavy (non-hydrogen) atoms. The van der Waals surface area contributed by atoms with Crippen LogP contribution in [0.1, 0.15) is 117 Å². The Morgan fingerprint density at radius 1 is 0.500 bits per heavy atom. The number of unbranched alkanes of at least 4 members (excludes halogenated alkanes) is 14. The summed E-state index contributed by atoms with van der Waals surface area (Å²) in [5.41, 5.74) is 0. The van der Waals surface area contributed by atoms with Gasteiger partial charge in [-0.15, -0.1) is 0 Å². The molecule has 0 saturated heterocycles. The van der Waals surface area contributed by atoms with Crippen molar-refractivity contribution in [1.29, 1.82) is 0 Å². The number of carbonyl (C=O) groups excluding carboxylic acids is 2. The van der Waals surface area contributed by atoms with Gasteiger partial charge in [-0.1, -0.05) is 104 Å². The average molecular weight is 397 g/mol. The predicted octanol–water partition coefficient (Wildman–Crippen LogP) is 6.91. The fourth-order valence-electron chi connectivity index (χ4n) is 3.05. The van der Waals surface area contributed by atoms with Crippen LogP contribution in [0.15, 0.2) is 12.2 Å². The van der Waals surface area contributed by atoms with Gasteiger partial charge in [0.15, 0.2) is 0 Å². The van der Waals surface area contributed by atoms with E-state index in [1.807, 2.05) is 0 Å². The fraction of sp³-hybridized carbons (Fsp3) is 0.833. The zero-order chi connectivity index (χ0) is 20.7. The van der Waals surface area contributed by atoms with Crippen LogP contribution >= 0.6 is 0 Å². The molecule has 0 radical (unpaired) electrons. The molecule has 0 aromatic rings. The number of rotatable bonds is 20. The lowest BCUT2D eigenvalue weighted by molar-refractivity contribution is -0.140. The van der Waals surface area contributed by atoms with Crippen molar-refractivity contribution in [2.45, 2.75) is 117 Å². The summed E-state index contributed by atoms with van der Waals surface area (Å²) in [5.74, 6) is -0.933. The normalized spacial score (nSPS) is 11.1. The second-order valence-electron chi connectivity index (χ2n) is 7.62. The molecule has 164 valence electrons. The van der Waals surface area contributed by atoms with Gasteiger partial charge in [-0.25, -0.2) is 9.59 Å². The summed E-state index contributed by atoms with van der Waals surface area (Å²) in [7, 11) is 0. The Kier molecular flexibility index (Phi) is 20.9. The molecule has 4 heteroatoms. The standard InChI is InChI=1S/C24H44O4/c1-3-5-7-9-11-12-13-14-16-18-22-28-24(26)20-19-23(25)27-21-17-15-10-8-6-4-2/h19-20H,3-18,21-22H2,1-2H3/b20-19+. The van der Waals surface area contributed by atoms with Crippen LogP contribution in [-0.2, 0) is 19.1 Å². The molecule has 0 amide bonds. The molecule has 0 fully saturated rings. The van der Waals surface area contributed by atoms with Gasteiger partial charge >= 0.3 is 11.9 Å². The van der Waals surface area contributed by atoms with Crippen LogP contribution < -0.4 is 0 Å². The summed E-state index contributed by atoms with van der Waals surface area (Å²) in [6.07, 6.45) is 21.7. The van der Waals surface area contributed by atoms with Gasteiger partial charge in [0, 0.05) is 12.2 Å². The summed E-state index contributed by atoms with van der Waals surface area (Å²) in [6, 6.07) is 0. The van der Waals surface area contributed by atoms with Gasteiger partial charge in [-0.2, -0.15) is 0 Å². The molecular formula is C24H44O4. The van der Waals surface area contributed by atoms with Gasteiger partial charge in [-0.3, -0.25) is 0 Å². The van der Waals surface area contributed by atoms with Crippen molar-refractivity contribution in [1.82, 2.24) is 0 Å². The molecule has 0 saturated carbocycles. The summed E-state index contributed by atoms with van der Waals surface area (Å²) in [4.78, 5) is 23.1. The number of hydrogen-bond acceptors (Lipinski definition) is 4. The van der Waals surface area contributed by atoms with Crippen molar-refractivity contribution in [3.05, 3.63) is 12.2 Å². The fourth-order valence-corrected chi connectivity index (χ4v) is 3.05. The molecule has 0 rings (SSSR count). The van der Waals surface area contributed by atoms with E-state index in [4.69, 9.17) is 9.47 Å². The molecule has 0 aliphatic rings. The lowest BCUT2D eigenvalue weighted by Gasteiger charge is -2.04. The van der Waals surface area contributed by atoms with Crippen molar-refractivity contribution in [3.8, 4) is 0 Å². The zero-order valence-electron chi connectivity index (χ0n) is 18.5. The van der Waals surface area contributed by atoms with Crippen molar-refractivity contribution >= 4 is 11.9 Å². The second kappa shape index (κ2) is 22.0. The van der Waals surface area contributed by atoms with Gasteiger partial charge in [0.25, 0.3) is 0 Å². The lowest BCUT2D eigenvalue weighted by Crippen LogP contribution is -2.06. The van der Waals surface area contributed by atoms with E-state index in [1.165, 1.54) is 83.1 Å². The Balaban J connectivity index is 3.41. The van der Waals surface area contributed by atoms with Gasteiger partial charge < -0.3 is 9.47 Å². The van der Waals surface area contributed by atoms with Gasteiger partial charge in [-0.05, 0) is 12.8 Å². The second-order valence-corrected chi connectivity index (χ2v) is 7.62.